The summed E-state index contributed by atoms with van der Waals surface area (Å²) in [6.07, 6.45) is 0.861. The van der Waals surface area contributed by atoms with Gasteiger partial charge in [0.05, 0.1) is 20.3 Å². The highest BCUT2D eigenvalue weighted by atomic mass is 16.5. The summed E-state index contributed by atoms with van der Waals surface area (Å²) < 4.78 is 10.7. The monoisotopic (exact) mass is 250 g/mol. The summed E-state index contributed by atoms with van der Waals surface area (Å²) in [6, 6.07) is 6.39. The van der Waals surface area contributed by atoms with E-state index in [2.05, 4.69) is 17.0 Å². The summed E-state index contributed by atoms with van der Waals surface area (Å²) in [5.74, 6) is 0.936. The van der Waals surface area contributed by atoms with Crippen LogP contribution in [0.25, 0.3) is 0 Å². The normalized spacial score (nSPS) is 16.8. The molecule has 0 radical (unpaired) electrons. The highest BCUT2D eigenvalue weighted by Gasteiger charge is 2.11. The number of hydrogen-bond donors (Lipinski definition) is 1. The van der Waals surface area contributed by atoms with Gasteiger partial charge in [-0.1, -0.05) is 12.1 Å². The molecular formula is C14H22N2O2. The number of methoxy groups -OCH3 is 1. The van der Waals surface area contributed by atoms with Gasteiger partial charge in [0, 0.05) is 19.6 Å². The lowest BCUT2D eigenvalue weighted by Gasteiger charge is -2.26. The number of nitrogens with zero attached hydrogens (tertiary/aromatic N) is 1. The molecule has 1 aromatic carbocycles. The van der Waals surface area contributed by atoms with Crippen LogP contribution in [0.15, 0.2) is 18.2 Å². The Morgan fingerprint density at radius 1 is 1.33 bits per heavy atom. The molecule has 0 atom stereocenters. The topological polar surface area (TPSA) is 47.7 Å². The average Bonchev–Trinajstić information content (AvgIpc) is 2.41. The van der Waals surface area contributed by atoms with E-state index in [0.29, 0.717) is 6.54 Å². The first-order valence-corrected chi connectivity index (χ1v) is 6.49. The quantitative estimate of drug-likeness (QED) is 0.848. The Morgan fingerprint density at radius 3 is 2.78 bits per heavy atom. The molecule has 0 spiro atoms. The maximum absolute atomic E-state index is 5.64. The lowest BCUT2D eigenvalue weighted by Crippen LogP contribution is -2.35. The molecular weight excluding hydrogens is 228 g/mol. The van der Waals surface area contributed by atoms with Gasteiger partial charge in [-0.2, -0.15) is 0 Å². The molecule has 2 rings (SSSR count). The van der Waals surface area contributed by atoms with Gasteiger partial charge in [0.15, 0.2) is 0 Å². The van der Waals surface area contributed by atoms with E-state index < -0.39 is 0 Å². The zero-order chi connectivity index (χ0) is 12.8. The van der Waals surface area contributed by atoms with Crippen LogP contribution < -0.4 is 10.5 Å². The van der Waals surface area contributed by atoms with E-state index in [4.69, 9.17) is 15.2 Å². The Kier molecular flexibility index (Phi) is 4.99. The Morgan fingerprint density at radius 2 is 2.11 bits per heavy atom. The zero-order valence-corrected chi connectivity index (χ0v) is 11.0. The van der Waals surface area contributed by atoms with Crippen molar-refractivity contribution in [3.05, 3.63) is 29.3 Å². The Hall–Kier alpha value is -1.10. The smallest absolute Gasteiger partial charge is 0.122 e. The molecule has 100 valence electrons. The Bertz CT molecular complexity index is 376. The minimum Gasteiger partial charge on any atom is -0.496 e. The molecule has 1 fully saturated rings. The van der Waals surface area contributed by atoms with Crippen LogP contribution in [0, 0.1) is 0 Å². The van der Waals surface area contributed by atoms with Crippen molar-refractivity contribution in [2.45, 2.75) is 13.0 Å². The van der Waals surface area contributed by atoms with Crippen molar-refractivity contribution in [1.82, 2.24) is 4.90 Å². The highest BCUT2D eigenvalue weighted by molar-refractivity contribution is 5.37. The molecule has 1 heterocycles. The van der Waals surface area contributed by atoms with Gasteiger partial charge >= 0.3 is 0 Å². The molecule has 18 heavy (non-hydrogen) atoms. The summed E-state index contributed by atoms with van der Waals surface area (Å²) in [5.41, 5.74) is 8.16. The predicted molar refractivity (Wildman–Crippen MR) is 71.8 cm³/mol. The van der Waals surface area contributed by atoms with Gasteiger partial charge in [0.1, 0.15) is 5.75 Å². The van der Waals surface area contributed by atoms with Gasteiger partial charge in [-0.15, -0.1) is 0 Å². The number of benzene rings is 1. The lowest BCUT2D eigenvalue weighted by atomic mass is 10.1. The molecule has 0 amide bonds. The van der Waals surface area contributed by atoms with Crippen LogP contribution in [-0.4, -0.2) is 44.9 Å². The third kappa shape index (κ3) is 3.45. The minimum atomic E-state index is 0.650. The lowest BCUT2D eigenvalue weighted by molar-refractivity contribution is 0.0342. The van der Waals surface area contributed by atoms with Gasteiger partial charge in [-0.05, 0) is 30.2 Å². The largest absolute Gasteiger partial charge is 0.496 e. The van der Waals surface area contributed by atoms with Crippen molar-refractivity contribution < 1.29 is 9.47 Å². The van der Waals surface area contributed by atoms with Crippen molar-refractivity contribution in [1.29, 1.82) is 0 Å². The number of nitrogens with two attached hydrogens (primary N) is 1. The number of hydrogen-bond acceptors (Lipinski definition) is 4. The molecule has 0 aromatic heterocycles. The maximum atomic E-state index is 5.64. The predicted octanol–water partition coefficient (Wildman–Crippen LogP) is 1.03. The number of rotatable bonds is 5. The fraction of sp³-hybridized carbons (Fsp3) is 0.571. The fourth-order valence-electron chi connectivity index (χ4n) is 2.30. The molecule has 4 nitrogen and oxygen atoms in total. The zero-order valence-electron chi connectivity index (χ0n) is 11.0. The second-order valence-electron chi connectivity index (χ2n) is 4.57. The Labute approximate surface area is 109 Å². The first-order valence-electron chi connectivity index (χ1n) is 6.49. The van der Waals surface area contributed by atoms with Crippen LogP contribution in [0.5, 0.6) is 5.75 Å². The van der Waals surface area contributed by atoms with Gasteiger partial charge in [-0.25, -0.2) is 0 Å². The van der Waals surface area contributed by atoms with Crippen LogP contribution in [0.1, 0.15) is 11.1 Å². The standard InChI is InChI=1S/C14H22N2O2/c1-17-14-3-2-12(10-13(14)4-5-15)11-16-6-8-18-9-7-16/h2-3,10H,4-9,11,15H2,1H3. The van der Waals surface area contributed by atoms with E-state index in [1.165, 1.54) is 11.1 Å². The third-order valence-corrected chi connectivity index (χ3v) is 3.27. The molecule has 1 aliphatic rings. The van der Waals surface area contributed by atoms with Crippen LogP contribution in [0.3, 0.4) is 0 Å². The van der Waals surface area contributed by atoms with E-state index in [9.17, 15) is 0 Å². The molecule has 1 aliphatic heterocycles. The number of morpholine rings is 1. The number of ether oxygens (including phenoxy) is 2. The van der Waals surface area contributed by atoms with E-state index in [1.807, 2.05) is 6.07 Å². The molecule has 0 saturated carbocycles. The third-order valence-electron chi connectivity index (χ3n) is 3.27. The summed E-state index contributed by atoms with van der Waals surface area (Å²) in [7, 11) is 1.71. The SMILES string of the molecule is COc1ccc(CN2CCOCC2)cc1CCN. The van der Waals surface area contributed by atoms with Crippen molar-refractivity contribution in [2.75, 3.05) is 40.0 Å². The van der Waals surface area contributed by atoms with Crippen molar-refractivity contribution in [3.8, 4) is 5.75 Å². The minimum absolute atomic E-state index is 0.650. The second-order valence-corrected chi connectivity index (χ2v) is 4.57. The van der Waals surface area contributed by atoms with Gasteiger partial charge in [0.25, 0.3) is 0 Å². The van der Waals surface area contributed by atoms with Gasteiger partial charge < -0.3 is 15.2 Å². The van der Waals surface area contributed by atoms with Crippen molar-refractivity contribution in [2.24, 2.45) is 5.73 Å². The van der Waals surface area contributed by atoms with Crippen molar-refractivity contribution >= 4 is 0 Å². The van der Waals surface area contributed by atoms with Gasteiger partial charge in [-0.3, -0.25) is 4.90 Å². The molecule has 0 bridgehead atoms. The van der Waals surface area contributed by atoms with E-state index in [1.54, 1.807) is 7.11 Å². The average molecular weight is 250 g/mol. The molecule has 0 unspecified atom stereocenters. The van der Waals surface area contributed by atoms with E-state index in [0.717, 1.165) is 45.0 Å². The van der Waals surface area contributed by atoms with Crippen LogP contribution in [0.2, 0.25) is 0 Å². The Balaban J connectivity index is 2.05. The summed E-state index contributed by atoms with van der Waals surface area (Å²) in [5, 5.41) is 0. The van der Waals surface area contributed by atoms with Gasteiger partial charge in [0.2, 0.25) is 0 Å². The first kappa shape index (κ1) is 13.3. The van der Waals surface area contributed by atoms with E-state index in [-0.39, 0.29) is 0 Å². The second kappa shape index (κ2) is 6.73. The van der Waals surface area contributed by atoms with Crippen molar-refractivity contribution in [3.63, 3.8) is 0 Å². The summed E-state index contributed by atoms with van der Waals surface area (Å²) >= 11 is 0. The molecule has 2 N–H and O–H groups in total. The fourth-order valence-corrected chi connectivity index (χ4v) is 2.30. The molecule has 4 heteroatoms. The molecule has 1 aromatic rings. The highest BCUT2D eigenvalue weighted by Crippen LogP contribution is 2.21. The maximum Gasteiger partial charge on any atom is 0.122 e. The van der Waals surface area contributed by atoms with Crippen LogP contribution in [-0.2, 0) is 17.7 Å². The summed E-state index contributed by atoms with van der Waals surface area (Å²) in [4.78, 5) is 2.41. The van der Waals surface area contributed by atoms with Crippen LogP contribution in [0.4, 0.5) is 0 Å². The molecule has 1 saturated heterocycles. The van der Waals surface area contributed by atoms with Crippen LogP contribution >= 0.6 is 0 Å². The van der Waals surface area contributed by atoms with E-state index >= 15 is 0 Å². The first-order chi connectivity index (χ1) is 8.83. The molecule has 0 aliphatic carbocycles. The summed E-state index contributed by atoms with van der Waals surface area (Å²) in [6.45, 7) is 5.33.